The molecule has 1 aromatic heterocycles. The second kappa shape index (κ2) is 5.48. The van der Waals surface area contributed by atoms with Crippen molar-refractivity contribution >= 4 is 17.7 Å². The summed E-state index contributed by atoms with van der Waals surface area (Å²) >= 11 is 0. The maximum atomic E-state index is 12.2. The summed E-state index contributed by atoms with van der Waals surface area (Å²) in [5, 5.41) is 11.8. The molecule has 0 bridgehead atoms. The molecule has 1 amide bonds. The number of H-pyrrole nitrogens is 1. The second-order valence-corrected chi connectivity index (χ2v) is 5.37. The van der Waals surface area contributed by atoms with Gasteiger partial charge < -0.3 is 15.4 Å². The number of carbonyl (C=O) groups excluding carboxylic acids is 2. The number of Topliss-reactive ketones (excluding diaryl/α,β-unsaturated/α-hetero) is 1. The number of aromatic amines is 1. The topological polar surface area (TPSA) is 99.3 Å². The fraction of sp³-hybridized carbons (Fsp3) is 0.500. The first-order chi connectivity index (χ1) is 9.42. The van der Waals surface area contributed by atoms with E-state index in [-0.39, 0.29) is 23.8 Å². The largest absolute Gasteiger partial charge is 0.481 e. The molecular weight excluding hydrogens is 260 g/mol. The number of aliphatic carboxylic acids is 1. The lowest BCUT2D eigenvalue weighted by Gasteiger charge is -2.28. The normalized spacial score (nSPS) is 16.9. The van der Waals surface area contributed by atoms with Gasteiger partial charge in [0, 0.05) is 11.8 Å². The van der Waals surface area contributed by atoms with E-state index in [0.717, 1.165) is 12.8 Å². The number of ketones is 1. The molecular formula is C14H18N2O4. The highest BCUT2D eigenvalue weighted by molar-refractivity contribution is 5.99. The van der Waals surface area contributed by atoms with Gasteiger partial charge in [0.05, 0.1) is 12.0 Å². The van der Waals surface area contributed by atoms with Crippen molar-refractivity contribution in [1.29, 1.82) is 0 Å². The molecule has 0 spiro atoms. The lowest BCUT2D eigenvalue weighted by molar-refractivity contribution is -0.138. The Labute approximate surface area is 116 Å². The van der Waals surface area contributed by atoms with Gasteiger partial charge in [-0.15, -0.1) is 0 Å². The minimum Gasteiger partial charge on any atom is -0.481 e. The van der Waals surface area contributed by atoms with Crippen molar-refractivity contribution in [2.75, 3.05) is 0 Å². The van der Waals surface area contributed by atoms with E-state index in [1.807, 2.05) is 0 Å². The first kappa shape index (κ1) is 14.3. The molecule has 1 fully saturated rings. The summed E-state index contributed by atoms with van der Waals surface area (Å²) in [4.78, 5) is 37.1. The number of rotatable bonds is 5. The van der Waals surface area contributed by atoms with Gasteiger partial charge in [-0.05, 0) is 25.8 Å². The Bertz CT molecular complexity index is 541. The van der Waals surface area contributed by atoms with Crippen molar-refractivity contribution in [2.24, 2.45) is 0 Å². The lowest BCUT2D eigenvalue weighted by Crippen LogP contribution is -2.47. The van der Waals surface area contributed by atoms with Crippen LogP contribution in [0.5, 0.6) is 0 Å². The molecule has 0 aliphatic heterocycles. The SMILES string of the molecule is CC(=O)c1c[nH]c(C(=O)NC2(CC(=O)O)CCCC2)c1. The molecule has 6 heteroatoms. The number of hydrogen-bond donors (Lipinski definition) is 3. The number of carboxylic acids is 1. The van der Waals surface area contributed by atoms with Gasteiger partial charge in [-0.1, -0.05) is 12.8 Å². The number of hydrogen-bond acceptors (Lipinski definition) is 3. The highest BCUT2D eigenvalue weighted by Crippen LogP contribution is 2.32. The van der Waals surface area contributed by atoms with E-state index in [4.69, 9.17) is 5.11 Å². The van der Waals surface area contributed by atoms with Crippen LogP contribution in [0.25, 0.3) is 0 Å². The minimum atomic E-state index is -0.914. The molecule has 1 aliphatic rings. The van der Waals surface area contributed by atoms with E-state index in [1.54, 1.807) is 0 Å². The Morgan fingerprint density at radius 1 is 1.35 bits per heavy atom. The molecule has 0 saturated heterocycles. The van der Waals surface area contributed by atoms with Crippen molar-refractivity contribution < 1.29 is 19.5 Å². The van der Waals surface area contributed by atoms with Gasteiger partial charge in [0.25, 0.3) is 5.91 Å². The van der Waals surface area contributed by atoms with E-state index in [2.05, 4.69) is 10.3 Å². The molecule has 2 rings (SSSR count). The molecule has 0 radical (unpaired) electrons. The van der Waals surface area contributed by atoms with Gasteiger partial charge >= 0.3 is 5.97 Å². The van der Waals surface area contributed by atoms with Crippen molar-refractivity contribution in [3.8, 4) is 0 Å². The van der Waals surface area contributed by atoms with Crippen molar-refractivity contribution in [1.82, 2.24) is 10.3 Å². The van der Waals surface area contributed by atoms with E-state index >= 15 is 0 Å². The number of amides is 1. The third kappa shape index (κ3) is 3.07. The van der Waals surface area contributed by atoms with Gasteiger partial charge in [0.15, 0.2) is 5.78 Å². The molecule has 0 atom stereocenters. The third-order valence-corrected chi connectivity index (χ3v) is 3.76. The Hall–Kier alpha value is -2.11. The first-order valence-corrected chi connectivity index (χ1v) is 6.65. The van der Waals surface area contributed by atoms with Crippen molar-refractivity contribution in [3.05, 3.63) is 23.5 Å². The smallest absolute Gasteiger partial charge is 0.305 e. The zero-order valence-corrected chi connectivity index (χ0v) is 11.4. The quantitative estimate of drug-likeness (QED) is 0.714. The molecule has 6 nitrogen and oxygen atoms in total. The maximum absolute atomic E-state index is 12.2. The summed E-state index contributed by atoms with van der Waals surface area (Å²) in [6, 6.07) is 1.49. The Balaban J connectivity index is 2.11. The standard InChI is InChI=1S/C14H18N2O4/c1-9(17)10-6-11(15-8-10)13(20)16-14(7-12(18)19)4-2-3-5-14/h6,8,15H,2-5,7H2,1H3,(H,16,20)(H,18,19). The van der Waals surface area contributed by atoms with Crippen LogP contribution in [-0.2, 0) is 4.79 Å². The molecule has 108 valence electrons. The van der Waals surface area contributed by atoms with Gasteiger partial charge in [0.2, 0.25) is 0 Å². The zero-order valence-electron chi connectivity index (χ0n) is 11.4. The molecule has 1 saturated carbocycles. The van der Waals surface area contributed by atoms with Crippen LogP contribution in [0.4, 0.5) is 0 Å². The summed E-state index contributed by atoms with van der Waals surface area (Å²) in [5.41, 5.74) is 0.0606. The summed E-state index contributed by atoms with van der Waals surface area (Å²) < 4.78 is 0. The maximum Gasteiger partial charge on any atom is 0.305 e. The molecule has 1 aliphatic carbocycles. The van der Waals surface area contributed by atoms with Crippen LogP contribution in [0.2, 0.25) is 0 Å². The third-order valence-electron chi connectivity index (χ3n) is 3.76. The molecule has 20 heavy (non-hydrogen) atoms. The van der Waals surface area contributed by atoms with Crippen LogP contribution >= 0.6 is 0 Å². The van der Waals surface area contributed by atoms with E-state index in [1.165, 1.54) is 19.2 Å². The number of aromatic nitrogens is 1. The Kier molecular flexibility index (Phi) is 3.92. The molecule has 1 aromatic rings. The molecule has 0 unspecified atom stereocenters. The van der Waals surface area contributed by atoms with Gasteiger partial charge in [-0.25, -0.2) is 0 Å². The van der Waals surface area contributed by atoms with Gasteiger partial charge in [0.1, 0.15) is 5.69 Å². The predicted molar refractivity (Wildman–Crippen MR) is 71.7 cm³/mol. The first-order valence-electron chi connectivity index (χ1n) is 6.65. The highest BCUT2D eigenvalue weighted by atomic mass is 16.4. The van der Waals surface area contributed by atoms with E-state index < -0.39 is 11.5 Å². The average Bonchev–Trinajstić information content (AvgIpc) is 2.96. The van der Waals surface area contributed by atoms with Crippen LogP contribution in [-0.4, -0.2) is 33.3 Å². The fourth-order valence-electron chi connectivity index (χ4n) is 2.72. The zero-order chi connectivity index (χ0) is 14.8. The summed E-state index contributed by atoms with van der Waals surface area (Å²) in [7, 11) is 0. The number of carboxylic acid groups (broad SMARTS) is 1. The summed E-state index contributed by atoms with van der Waals surface area (Å²) in [6.45, 7) is 1.42. The van der Waals surface area contributed by atoms with Crippen LogP contribution in [0.15, 0.2) is 12.3 Å². The Morgan fingerprint density at radius 3 is 2.50 bits per heavy atom. The monoisotopic (exact) mass is 278 g/mol. The average molecular weight is 278 g/mol. The summed E-state index contributed by atoms with van der Waals surface area (Å²) in [5.74, 6) is -1.40. The molecule has 3 N–H and O–H groups in total. The summed E-state index contributed by atoms with van der Waals surface area (Å²) in [6.07, 6.45) is 4.58. The van der Waals surface area contributed by atoms with Gasteiger partial charge in [-0.3, -0.25) is 14.4 Å². The fourth-order valence-corrected chi connectivity index (χ4v) is 2.72. The lowest BCUT2D eigenvalue weighted by atomic mass is 9.93. The van der Waals surface area contributed by atoms with Crippen LogP contribution in [0.1, 0.15) is 59.9 Å². The number of nitrogens with one attached hydrogen (secondary N) is 2. The van der Waals surface area contributed by atoms with Crippen LogP contribution in [0.3, 0.4) is 0 Å². The van der Waals surface area contributed by atoms with E-state index in [0.29, 0.717) is 18.4 Å². The minimum absolute atomic E-state index is 0.0704. The molecule has 1 heterocycles. The van der Waals surface area contributed by atoms with Crippen molar-refractivity contribution in [2.45, 2.75) is 44.6 Å². The highest BCUT2D eigenvalue weighted by Gasteiger charge is 2.37. The van der Waals surface area contributed by atoms with E-state index in [9.17, 15) is 14.4 Å². The van der Waals surface area contributed by atoms with Crippen LogP contribution in [0, 0.1) is 0 Å². The van der Waals surface area contributed by atoms with Crippen LogP contribution < -0.4 is 5.32 Å². The number of carbonyl (C=O) groups is 3. The Morgan fingerprint density at radius 2 is 2.00 bits per heavy atom. The van der Waals surface area contributed by atoms with Crippen molar-refractivity contribution in [3.63, 3.8) is 0 Å². The molecule has 0 aromatic carbocycles. The van der Waals surface area contributed by atoms with Gasteiger partial charge in [-0.2, -0.15) is 0 Å². The second-order valence-electron chi connectivity index (χ2n) is 5.37. The predicted octanol–water partition coefficient (Wildman–Crippen LogP) is 1.73.